The molecule has 8 heteroatoms. The SMILES string of the molecule is CCS(=O)(=O)c1ccc2oc(CN3CCOc4cccc(F)c4C3)nc2c1. The van der Waals surface area contributed by atoms with Crippen molar-refractivity contribution in [1.29, 1.82) is 0 Å². The van der Waals surface area contributed by atoms with Gasteiger partial charge in [-0.3, -0.25) is 4.90 Å². The topological polar surface area (TPSA) is 72.6 Å². The Labute approximate surface area is 156 Å². The molecule has 2 heterocycles. The third-order valence-electron chi connectivity index (χ3n) is 4.62. The van der Waals surface area contributed by atoms with Gasteiger partial charge in [-0.1, -0.05) is 13.0 Å². The summed E-state index contributed by atoms with van der Waals surface area (Å²) in [6, 6.07) is 9.49. The van der Waals surface area contributed by atoms with E-state index < -0.39 is 9.84 Å². The van der Waals surface area contributed by atoms with Gasteiger partial charge in [-0.2, -0.15) is 0 Å². The Morgan fingerprint density at radius 2 is 2.11 bits per heavy atom. The molecule has 27 heavy (non-hydrogen) atoms. The molecule has 0 saturated heterocycles. The summed E-state index contributed by atoms with van der Waals surface area (Å²) in [5.41, 5.74) is 1.54. The van der Waals surface area contributed by atoms with Gasteiger partial charge in [0.15, 0.2) is 15.4 Å². The summed E-state index contributed by atoms with van der Waals surface area (Å²) in [4.78, 5) is 6.64. The molecule has 0 N–H and O–H groups in total. The first kappa shape index (κ1) is 17.9. The van der Waals surface area contributed by atoms with Gasteiger partial charge in [0.25, 0.3) is 0 Å². The van der Waals surface area contributed by atoms with Crippen LogP contribution in [0.15, 0.2) is 45.7 Å². The monoisotopic (exact) mass is 390 g/mol. The Morgan fingerprint density at radius 3 is 2.93 bits per heavy atom. The Hall–Kier alpha value is -2.45. The van der Waals surface area contributed by atoms with E-state index in [0.717, 1.165) is 0 Å². The maximum atomic E-state index is 14.1. The number of aromatic nitrogens is 1. The molecule has 4 rings (SSSR count). The van der Waals surface area contributed by atoms with Crippen LogP contribution in [0.4, 0.5) is 4.39 Å². The molecule has 0 radical (unpaired) electrons. The largest absolute Gasteiger partial charge is 0.492 e. The second-order valence-electron chi connectivity index (χ2n) is 6.42. The average molecular weight is 390 g/mol. The molecule has 0 bridgehead atoms. The Kier molecular flexibility index (Phi) is 4.61. The van der Waals surface area contributed by atoms with E-state index in [1.165, 1.54) is 18.2 Å². The highest BCUT2D eigenvalue weighted by Crippen LogP contribution is 2.27. The minimum Gasteiger partial charge on any atom is -0.492 e. The zero-order chi connectivity index (χ0) is 19.0. The summed E-state index contributed by atoms with van der Waals surface area (Å²) in [5, 5.41) is 0. The summed E-state index contributed by atoms with van der Waals surface area (Å²) < 4.78 is 49.6. The number of nitrogens with zero attached hydrogens (tertiary/aromatic N) is 2. The van der Waals surface area contributed by atoms with Gasteiger partial charge in [0.2, 0.25) is 5.89 Å². The van der Waals surface area contributed by atoms with Crippen molar-refractivity contribution in [3.63, 3.8) is 0 Å². The highest BCUT2D eigenvalue weighted by atomic mass is 32.2. The first-order valence-corrected chi connectivity index (χ1v) is 10.4. The van der Waals surface area contributed by atoms with Crippen LogP contribution in [0.1, 0.15) is 18.4 Å². The quantitative estimate of drug-likeness (QED) is 0.681. The average Bonchev–Trinajstić information content (AvgIpc) is 2.93. The lowest BCUT2D eigenvalue weighted by Crippen LogP contribution is -2.25. The first-order valence-electron chi connectivity index (χ1n) is 8.71. The van der Waals surface area contributed by atoms with Crippen LogP contribution in [-0.4, -0.2) is 37.2 Å². The predicted octanol–water partition coefficient (Wildman–Crippen LogP) is 3.16. The molecule has 6 nitrogen and oxygen atoms in total. The highest BCUT2D eigenvalue weighted by Gasteiger charge is 2.21. The van der Waals surface area contributed by atoms with Gasteiger partial charge in [0.1, 0.15) is 23.7 Å². The number of fused-ring (bicyclic) bond motifs is 2. The van der Waals surface area contributed by atoms with E-state index in [1.807, 2.05) is 4.90 Å². The van der Waals surface area contributed by atoms with Crippen molar-refractivity contribution in [3.05, 3.63) is 53.7 Å². The van der Waals surface area contributed by atoms with Crippen molar-refractivity contribution < 1.29 is 22.0 Å². The van der Waals surface area contributed by atoms with Gasteiger partial charge >= 0.3 is 0 Å². The van der Waals surface area contributed by atoms with Crippen molar-refractivity contribution in [1.82, 2.24) is 9.88 Å². The van der Waals surface area contributed by atoms with Crippen LogP contribution in [-0.2, 0) is 22.9 Å². The number of oxazole rings is 1. The maximum absolute atomic E-state index is 14.1. The van der Waals surface area contributed by atoms with Gasteiger partial charge in [-0.05, 0) is 30.3 Å². The Balaban J connectivity index is 1.59. The predicted molar refractivity (Wildman–Crippen MR) is 97.7 cm³/mol. The zero-order valence-electron chi connectivity index (χ0n) is 14.8. The minimum atomic E-state index is -3.30. The summed E-state index contributed by atoms with van der Waals surface area (Å²) in [7, 11) is -3.30. The molecule has 0 saturated carbocycles. The lowest BCUT2D eigenvalue weighted by molar-refractivity contribution is 0.204. The van der Waals surface area contributed by atoms with E-state index in [4.69, 9.17) is 9.15 Å². The zero-order valence-corrected chi connectivity index (χ0v) is 15.6. The van der Waals surface area contributed by atoms with E-state index in [9.17, 15) is 12.8 Å². The third-order valence-corrected chi connectivity index (χ3v) is 6.36. The molecule has 2 aromatic carbocycles. The van der Waals surface area contributed by atoms with E-state index in [-0.39, 0.29) is 16.5 Å². The Morgan fingerprint density at radius 1 is 1.26 bits per heavy atom. The molecule has 142 valence electrons. The van der Waals surface area contributed by atoms with Crippen molar-refractivity contribution in [3.8, 4) is 5.75 Å². The fourth-order valence-corrected chi connectivity index (χ4v) is 4.02. The van der Waals surface area contributed by atoms with E-state index in [1.54, 1.807) is 25.1 Å². The first-order chi connectivity index (χ1) is 13.0. The summed E-state index contributed by atoms with van der Waals surface area (Å²) in [5.74, 6) is 0.744. The summed E-state index contributed by atoms with van der Waals surface area (Å²) in [6.45, 7) is 3.40. The number of hydrogen-bond donors (Lipinski definition) is 0. The second kappa shape index (κ2) is 6.94. The highest BCUT2D eigenvalue weighted by molar-refractivity contribution is 7.91. The Bertz CT molecular complexity index is 1090. The standard InChI is InChI=1S/C19H19FN2O4S/c1-2-27(23,24)13-6-7-18-16(10-13)21-19(26-18)12-22-8-9-25-17-5-3-4-15(20)14(17)11-22/h3-7,10H,2,8-9,11-12H2,1H3. The fraction of sp³-hybridized carbons (Fsp3) is 0.316. The van der Waals surface area contributed by atoms with Crippen LogP contribution in [0, 0.1) is 5.82 Å². The van der Waals surface area contributed by atoms with Gasteiger partial charge in [-0.15, -0.1) is 0 Å². The van der Waals surface area contributed by atoms with E-state index in [0.29, 0.717) is 54.5 Å². The number of ether oxygens (including phenoxy) is 1. The normalized spacial score (nSPS) is 15.3. The van der Waals surface area contributed by atoms with Gasteiger partial charge in [0, 0.05) is 18.7 Å². The van der Waals surface area contributed by atoms with Crippen LogP contribution in [0.2, 0.25) is 0 Å². The second-order valence-corrected chi connectivity index (χ2v) is 8.69. The molecular formula is C19H19FN2O4S. The van der Waals surface area contributed by atoms with E-state index in [2.05, 4.69) is 4.98 Å². The van der Waals surface area contributed by atoms with Crippen molar-refractivity contribution >= 4 is 20.9 Å². The summed E-state index contributed by atoms with van der Waals surface area (Å²) in [6.07, 6.45) is 0. The molecule has 0 aliphatic carbocycles. The lowest BCUT2D eigenvalue weighted by atomic mass is 10.2. The summed E-state index contributed by atoms with van der Waals surface area (Å²) >= 11 is 0. The molecule has 1 aliphatic heterocycles. The lowest BCUT2D eigenvalue weighted by Gasteiger charge is -2.17. The minimum absolute atomic E-state index is 0.0297. The number of rotatable bonds is 4. The number of sulfone groups is 1. The molecule has 0 amide bonds. The van der Waals surface area contributed by atoms with Crippen molar-refractivity contribution in [2.45, 2.75) is 24.9 Å². The van der Waals surface area contributed by atoms with E-state index >= 15 is 0 Å². The van der Waals surface area contributed by atoms with Crippen molar-refractivity contribution in [2.75, 3.05) is 18.9 Å². The molecule has 0 atom stereocenters. The number of benzene rings is 2. The number of halogens is 1. The molecule has 1 aromatic heterocycles. The third kappa shape index (κ3) is 3.54. The van der Waals surface area contributed by atoms with Crippen LogP contribution in [0.25, 0.3) is 11.1 Å². The maximum Gasteiger partial charge on any atom is 0.209 e. The van der Waals surface area contributed by atoms with Crippen LogP contribution < -0.4 is 4.74 Å². The van der Waals surface area contributed by atoms with Crippen LogP contribution in [0.5, 0.6) is 5.75 Å². The van der Waals surface area contributed by atoms with Gasteiger partial charge < -0.3 is 9.15 Å². The fourth-order valence-electron chi connectivity index (χ4n) is 3.12. The molecule has 0 unspecified atom stereocenters. The number of hydrogen-bond acceptors (Lipinski definition) is 6. The van der Waals surface area contributed by atoms with Gasteiger partial charge in [0.05, 0.1) is 17.2 Å². The van der Waals surface area contributed by atoms with Crippen LogP contribution in [0.3, 0.4) is 0 Å². The smallest absolute Gasteiger partial charge is 0.209 e. The molecule has 0 fully saturated rings. The molecular weight excluding hydrogens is 371 g/mol. The van der Waals surface area contributed by atoms with Gasteiger partial charge in [-0.25, -0.2) is 17.8 Å². The molecule has 1 aliphatic rings. The molecule has 3 aromatic rings. The van der Waals surface area contributed by atoms with Crippen molar-refractivity contribution in [2.24, 2.45) is 0 Å². The van der Waals surface area contributed by atoms with Crippen LogP contribution >= 0.6 is 0 Å². The molecule has 0 spiro atoms.